The Kier molecular flexibility index (Phi) is 5.29. The summed E-state index contributed by atoms with van der Waals surface area (Å²) in [7, 11) is 0. The van der Waals surface area contributed by atoms with Crippen LogP contribution >= 0.6 is 0 Å². The molecule has 6 heteroatoms. The highest BCUT2D eigenvalue weighted by Crippen LogP contribution is 2.11. The predicted octanol–water partition coefficient (Wildman–Crippen LogP) is 0.643. The molecule has 0 aromatic carbocycles. The van der Waals surface area contributed by atoms with E-state index in [1.54, 1.807) is 18.5 Å². The van der Waals surface area contributed by atoms with E-state index >= 15 is 0 Å². The van der Waals surface area contributed by atoms with Crippen LogP contribution in [0, 0.1) is 0 Å². The molecule has 2 N–H and O–H groups in total. The molecular formula is C14H23N5O. The van der Waals surface area contributed by atoms with Crippen LogP contribution in [0.1, 0.15) is 26.2 Å². The van der Waals surface area contributed by atoms with E-state index in [2.05, 4.69) is 21.8 Å². The van der Waals surface area contributed by atoms with Crippen LogP contribution in [0.4, 0.5) is 5.95 Å². The molecule has 1 aromatic rings. The van der Waals surface area contributed by atoms with Crippen molar-refractivity contribution in [1.29, 1.82) is 0 Å². The molecular weight excluding hydrogens is 254 g/mol. The van der Waals surface area contributed by atoms with Crippen molar-refractivity contribution < 1.29 is 4.79 Å². The van der Waals surface area contributed by atoms with Crippen molar-refractivity contribution in [3.63, 3.8) is 0 Å². The maximum Gasteiger partial charge on any atom is 0.239 e. The highest BCUT2D eigenvalue weighted by molar-refractivity contribution is 5.81. The van der Waals surface area contributed by atoms with Crippen LogP contribution < -0.4 is 10.6 Å². The molecule has 1 aliphatic heterocycles. The molecule has 1 aromatic heterocycles. The smallest absolute Gasteiger partial charge is 0.239 e. The van der Waals surface area contributed by atoms with Crippen molar-refractivity contribution in [3.8, 4) is 0 Å². The molecule has 1 saturated heterocycles. The monoisotopic (exact) mass is 277 g/mol. The van der Waals surface area contributed by atoms with Crippen molar-refractivity contribution >= 4 is 11.9 Å². The van der Waals surface area contributed by atoms with E-state index in [4.69, 9.17) is 5.73 Å². The molecule has 1 aliphatic rings. The minimum Gasteiger partial charge on any atom is -0.338 e. The van der Waals surface area contributed by atoms with Crippen molar-refractivity contribution in [2.24, 2.45) is 5.73 Å². The molecule has 1 amide bonds. The summed E-state index contributed by atoms with van der Waals surface area (Å²) in [5.74, 6) is 0.807. The first-order valence-electron chi connectivity index (χ1n) is 7.28. The standard InChI is InChI=1S/C14H23N5O/c1-2-3-5-12(15)13(20)18-8-10-19(11-9-18)14-16-6-4-7-17-14/h4,6-7,12H,2-3,5,8-11,15H2,1H3/t12-/m0/s1. The van der Waals surface area contributed by atoms with E-state index in [0.29, 0.717) is 13.1 Å². The van der Waals surface area contributed by atoms with Gasteiger partial charge in [-0.05, 0) is 12.5 Å². The third kappa shape index (κ3) is 3.66. The molecule has 2 rings (SSSR count). The van der Waals surface area contributed by atoms with Gasteiger partial charge in [-0.25, -0.2) is 9.97 Å². The summed E-state index contributed by atoms with van der Waals surface area (Å²) in [6.07, 6.45) is 6.32. The Morgan fingerprint density at radius 3 is 2.55 bits per heavy atom. The summed E-state index contributed by atoms with van der Waals surface area (Å²) in [4.78, 5) is 24.6. The van der Waals surface area contributed by atoms with Gasteiger partial charge in [-0.1, -0.05) is 19.8 Å². The number of piperazine rings is 1. The fraction of sp³-hybridized carbons (Fsp3) is 0.643. The molecule has 0 spiro atoms. The Hall–Kier alpha value is -1.69. The van der Waals surface area contributed by atoms with E-state index in [-0.39, 0.29) is 11.9 Å². The molecule has 0 aliphatic carbocycles. The Balaban J connectivity index is 1.83. The van der Waals surface area contributed by atoms with Crippen LogP contribution in [0.2, 0.25) is 0 Å². The van der Waals surface area contributed by atoms with Crippen LogP contribution in [0.5, 0.6) is 0 Å². The molecule has 20 heavy (non-hydrogen) atoms. The number of amides is 1. The first-order valence-corrected chi connectivity index (χ1v) is 7.28. The van der Waals surface area contributed by atoms with Crippen LogP contribution in [-0.4, -0.2) is 53.0 Å². The topological polar surface area (TPSA) is 75.4 Å². The molecule has 0 bridgehead atoms. The second-order valence-electron chi connectivity index (χ2n) is 5.11. The summed E-state index contributed by atoms with van der Waals surface area (Å²) in [6, 6.07) is 1.45. The lowest BCUT2D eigenvalue weighted by Gasteiger charge is -2.35. The van der Waals surface area contributed by atoms with Gasteiger partial charge in [0.15, 0.2) is 0 Å². The van der Waals surface area contributed by atoms with Gasteiger partial charge in [-0.2, -0.15) is 0 Å². The van der Waals surface area contributed by atoms with Gasteiger partial charge in [-0.15, -0.1) is 0 Å². The normalized spacial score (nSPS) is 17.1. The van der Waals surface area contributed by atoms with Crippen molar-refractivity contribution in [1.82, 2.24) is 14.9 Å². The lowest BCUT2D eigenvalue weighted by atomic mass is 10.1. The summed E-state index contributed by atoms with van der Waals surface area (Å²) >= 11 is 0. The summed E-state index contributed by atoms with van der Waals surface area (Å²) in [5, 5.41) is 0. The molecule has 1 atom stereocenters. The Labute approximate surface area is 120 Å². The Bertz CT molecular complexity index is 417. The zero-order chi connectivity index (χ0) is 14.4. The highest BCUT2D eigenvalue weighted by atomic mass is 16.2. The predicted molar refractivity (Wildman–Crippen MR) is 78.3 cm³/mol. The largest absolute Gasteiger partial charge is 0.338 e. The maximum atomic E-state index is 12.2. The number of anilines is 1. The number of hydrogen-bond acceptors (Lipinski definition) is 5. The van der Waals surface area contributed by atoms with Gasteiger partial charge >= 0.3 is 0 Å². The Morgan fingerprint density at radius 1 is 1.30 bits per heavy atom. The van der Waals surface area contributed by atoms with Crippen molar-refractivity contribution in [2.75, 3.05) is 31.1 Å². The van der Waals surface area contributed by atoms with Crippen LogP contribution in [-0.2, 0) is 4.79 Å². The van der Waals surface area contributed by atoms with Gasteiger partial charge in [0.1, 0.15) is 0 Å². The Morgan fingerprint density at radius 2 is 1.95 bits per heavy atom. The number of unbranched alkanes of at least 4 members (excludes halogenated alkanes) is 1. The maximum absolute atomic E-state index is 12.2. The quantitative estimate of drug-likeness (QED) is 0.855. The first kappa shape index (κ1) is 14.7. The zero-order valence-corrected chi connectivity index (χ0v) is 12.0. The average molecular weight is 277 g/mol. The molecule has 2 heterocycles. The van der Waals surface area contributed by atoms with Crippen LogP contribution in [0.15, 0.2) is 18.5 Å². The number of carbonyl (C=O) groups is 1. The molecule has 1 fully saturated rings. The number of rotatable bonds is 5. The summed E-state index contributed by atoms with van der Waals surface area (Å²) in [6.45, 7) is 5.01. The van der Waals surface area contributed by atoms with Gasteiger partial charge in [0, 0.05) is 38.6 Å². The minimum absolute atomic E-state index is 0.0760. The lowest BCUT2D eigenvalue weighted by Crippen LogP contribution is -2.53. The van der Waals surface area contributed by atoms with Gasteiger partial charge in [0.05, 0.1) is 6.04 Å². The number of nitrogens with two attached hydrogens (primary N) is 1. The van der Waals surface area contributed by atoms with Gasteiger partial charge in [0.25, 0.3) is 0 Å². The lowest BCUT2D eigenvalue weighted by molar-refractivity contribution is -0.133. The number of carbonyl (C=O) groups excluding carboxylic acids is 1. The van der Waals surface area contributed by atoms with E-state index in [1.165, 1.54) is 0 Å². The van der Waals surface area contributed by atoms with Crippen LogP contribution in [0.25, 0.3) is 0 Å². The molecule has 0 saturated carbocycles. The number of hydrogen-bond donors (Lipinski definition) is 1. The SMILES string of the molecule is CCCC[C@H](N)C(=O)N1CCN(c2ncccn2)CC1. The zero-order valence-electron chi connectivity index (χ0n) is 12.0. The van der Waals surface area contributed by atoms with E-state index in [1.807, 2.05) is 4.90 Å². The summed E-state index contributed by atoms with van der Waals surface area (Å²) < 4.78 is 0. The average Bonchev–Trinajstić information content (AvgIpc) is 2.53. The van der Waals surface area contributed by atoms with Crippen molar-refractivity contribution in [3.05, 3.63) is 18.5 Å². The van der Waals surface area contributed by atoms with Gasteiger partial charge < -0.3 is 15.5 Å². The van der Waals surface area contributed by atoms with E-state index < -0.39 is 0 Å². The van der Waals surface area contributed by atoms with Crippen LogP contribution in [0.3, 0.4) is 0 Å². The third-order valence-corrected chi connectivity index (χ3v) is 3.61. The van der Waals surface area contributed by atoms with E-state index in [0.717, 1.165) is 38.3 Å². The number of nitrogens with zero attached hydrogens (tertiary/aromatic N) is 4. The molecule has 0 unspecified atom stereocenters. The number of aromatic nitrogens is 2. The first-order chi connectivity index (χ1) is 9.72. The summed E-state index contributed by atoms with van der Waals surface area (Å²) in [5.41, 5.74) is 5.95. The second-order valence-corrected chi connectivity index (χ2v) is 5.11. The highest BCUT2D eigenvalue weighted by Gasteiger charge is 2.25. The minimum atomic E-state index is -0.352. The van der Waals surface area contributed by atoms with Gasteiger partial charge in [-0.3, -0.25) is 4.79 Å². The fourth-order valence-corrected chi connectivity index (χ4v) is 2.36. The van der Waals surface area contributed by atoms with Gasteiger partial charge in [0.2, 0.25) is 11.9 Å². The molecule has 110 valence electrons. The van der Waals surface area contributed by atoms with E-state index in [9.17, 15) is 4.79 Å². The second kappa shape index (κ2) is 7.19. The third-order valence-electron chi connectivity index (χ3n) is 3.61. The fourth-order valence-electron chi connectivity index (χ4n) is 2.36. The molecule has 6 nitrogen and oxygen atoms in total. The van der Waals surface area contributed by atoms with Crippen molar-refractivity contribution in [2.45, 2.75) is 32.2 Å². The molecule has 0 radical (unpaired) electrons.